The van der Waals surface area contributed by atoms with Crippen molar-refractivity contribution in [1.82, 2.24) is 9.97 Å². The maximum absolute atomic E-state index is 12.0. The van der Waals surface area contributed by atoms with Crippen LogP contribution in [0, 0.1) is 24.0 Å². The molecule has 1 aliphatic heterocycles. The van der Waals surface area contributed by atoms with Gasteiger partial charge in [-0.15, -0.1) is 0 Å². The van der Waals surface area contributed by atoms with Gasteiger partial charge in [-0.1, -0.05) is 35.3 Å². The molecule has 8 nitrogen and oxygen atoms in total. The van der Waals surface area contributed by atoms with E-state index in [9.17, 15) is 10.1 Å². The van der Waals surface area contributed by atoms with Gasteiger partial charge in [-0.2, -0.15) is 0 Å². The van der Waals surface area contributed by atoms with E-state index in [1.165, 1.54) is 23.1 Å². The Morgan fingerprint density at radius 1 is 1.03 bits per heavy atom. The Bertz CT molecular complexity index is 1170. The van der Waals surface area contributed by atoms with E-state index < -0.39 is 4.92 Å². The van der Waals surface area contributed by atoms with Gasteiger partial charge in [0.1, 0.15) is 6.33 Å². The number of anilines is 4. The summed E-state index contributed by atoms with van der Waals surface area (Å²) in [5.74, 6) is 0.354. The number of nitrogens with one attached hydrogen (secondary N) is 1. The molecule has 4 rings (SSSR count). The molecule has 166 valence electrons. The second kappa shape index (κ2) is 9.18. The number of hydrogen-bond donors (Lipinski definition) is 1. The van der Waals surface area contributed by atoms with E-state index in [0.29, 0.717) is 28.8 Å². The Hall–Kier alpha value is -3.10. The fourth-order valence-corrected chi connectivity index (χ4v) is 4.16. The van der Waals surface area contributed by atoms with Gasteiger partial charge in [0.05, 0.1) is 15.6 Å². The van der Waals surface area contributed by atoms with Crippen molar-refractivity contribution in [3.63, 3.8) is 0 Å². The molecule has 1 aromatic heterocycles. The largest absolute Gasteiger partial charge is 0.368 e. The second-order valence-electron chi connectivity index (χ2n) is 7.59. The van der Waals surface area contributed by atoms with Gasteiger partial charge in [0.25, 0.3) is 0 Å². The summed E-state index contributed by atoms with van der Waals surface area (Å²) >= 11 is 12.3. The number of piperazine rings is 1. The van der Waals surface area contributed by atoms with Crippen molar-refractivity contribution in [1.29, 1.82) is 0 Å². The number of rotatable bonds is 5. The van der Waals surface area contributed by atoms with E-state index in [4.69, 9.17) is 23.2 Å². The van der Waals surface area contributed by atoms with E-state index in [2.05, 4.69) is 52.2 Å². The highest BCUT2D eigenvalue weighted by Crippen LogP contribution is 2.36. The molecule has 0 atom stereocenters. The Kier molecular flexibility index (Phi) is 6.34. The number of aryl methyl sites for hydroxylation is 1. The quantitative estimate of drug-likeness (QED) is 0.393. The standard InChI is InChI=1S/C22H22Cl2N6O2/c1-14-4-3-5-19(15(14)2)28-8-10-29(11-9-28)22-20(30(31)32)21(25-13-26-22)27-18-12-16(23)6-7-17(18)24/h3-7,12-13H,8-11H2,1-2H3,(H,25,26,27). The van der Waals surface area contributed by atoms with Crippen molar-refractivity contribution < 1.29 is 4.92 Å². The van der Waals surface area contributed by atoms with Crippen LogP contribution in [0.1, 0.15) is 11.1 Å². The summed E-state index contributed by atoms with van der Waals surface area (Å²) in [6.07, 6.45) is 1.32. The minimum Gasteiger partial charge on any atom is -0.368 e. The van der Waals surface area contributed by atoms with Crippen molar-refractivity contribution in [2.24, 2.45) is 0 Å². The van der Waals surface area contributed by atoms with Crippen LogP contribution in [0.3, 0.4) is 0 Å². The first kappa shape index (κ1) is 22.1. The van der Waals surface area contributed by atoms with Crippen LogP contribution < -0.4 is 15.1 Å². The first-order chi connectivity index (χ1) is 15.3. The summed E-state index contributed by atoms with van der Waals surface area (Å²) in [4.78, 5) is 24.1. The highest BCUT2D eigenvalue weighted by Gasteiger charge is 2.30. The normalized spacial score (nSPS) is 13.9. The van der Waals surface area contributed by atoms with Crippen LogP contribution in [-0.2, 0) is 0 Å². The molecule has 0 saturated carbocycles. The number of nitrogens with zero attached hydrogens (tertiary/aromatic N) is 5. The lowest BCUT2D eigenvalue weighted by Gasteiger charge is -2.37. The van der Waals surface area contributed by atoms with E-state index in [-0.39, 0.29) is 17.3 Å². The Labute approximate surface area is 195 Å². The fraction of sp³-hybridized carbons (Fsp3) is 0.273. The van der Waals surface area contributed by atoms with E-state index in [0.717, 1.165) is 13.1 Å². The van der Waals surface area contributed by atoms with Gasteiger partial charge in [-0.3, -0.25) is 10.1 Å². The maximum Gasteiger partial charge on any atom is 0.353 e. The molecule has 1 N–H and O–H groups in total. The Balaban J connectivity index is 1.59. The summed E-state index contributed by atoms with van der Waals surface area (Å²) < 4.78 is 0. The molecule has 1 aliphatic rings. The fourth-order valence-electron chi connectivity index (χ4n) is 3.82. The topological polar surface area (TPSA) is 87.4 Å². The molecule has 0 aliphatic carbocycles. The monoisotopic (exact) mass is 472 g/mol. The van der Waals surface area contributed by atoms with Crippen LogP contribution in [0.4, 0.5) is 28.7 Å². The van der Waals surface area contributed by atoms with Gasteiger partial charge < -0.3 is 15.1 Å². The zero-order valence-electron chi connectivity index (χ0n) is 17.7. The number of nitro groups is 1. The van der Waals surface area contributed by atoms with Gasteiger partial charge >= 0.3 is 5.69 Å². The summed E-state index contributed by atoms with van der Waals surface area (Å²) in [6, 6.07) is 11.1. The summed E-state index contributed by atoms with van der Waals surface area (Å²) in [5.41, 5.74) is 3.93. The van der Waals surface area contributed by atoms with Gasteiger partial charge in [0.15, 0.2) is 0 Å². The SMILES string of the molecule is Cc1cccc(N2CCN(c3ncnc(Nc4cc(Cl)ccc4Cl)c3[N+](=O)[O-])CC2)c1C. The molecule has 0 spiro atoms. The van der Waals surface area contributed by atoms with Gasteiger partial charge in [0, 0.05) is 36.9 Å². The molecule has 2 heterocycles. The van der Waals surface area contributed by atoms with Crippen molar-refractivity contribution in [3.8, 4) is 0 Å². The number of benzene rings is 2. The molecule has 10 heteroatoms. The predicted octanol–water partition coefficient (Wildman–Crippen LogP) is 5.38. The van der Waals surface area contributed by atoms with Crippen molar-refractivity contribution >= 4 is 51.9 Å². The lowest BCUT2D eigenvalue weighted by molar-refractivity contribution is -0.383. The molecule has 0 unspecified atom stereocenters. The molecule has 0 amide bonds. The third kappa shape index (κ3) is 4.42. The second-order valence-corrected chi connectivity index (χ2v) is 8.44. The van der Waals surface area contributed by atoms with Crippen molar-refractivity contribution in [2.45, 2.75) is 13.8 Å². The lowest BCUT2D eigenvalue weighted by atomic mass is 10.1. The van der Waals surface area contributed by atoms with Crippen molar-refractivity contribution in [2.75, 3.05) is 41.3 Å². The van der Waals surface area contributed by atoms with E-state index >= 15 is 0 Å². The lowest BCUT2D eigenvalue weighted by Crippen LogP contribution is -2.47. The molecule has 32 heavy (non-hydrogen) atoms. The van der Waals surface area contributed by atoms with Crippen molar-refractivity contribution in [3.05, 3.63) is 74.0 Å². The smallest absolute Gasteiger partial charge is 0.353 e. The third-order valence-electron chi connectivity index (χ3n) is 5.66. The first-order valence-electron chi connectivity index (χ1n) is 10.1. The van der Waals surface area contributed by atoms with Crippen LogP contribution >= 0.6 is 23.2 Å². The highest BCUT2D eigenvalue weighted by atomic mass is 35.5. The van der Waals surface area contributed by atoms with Gasteiger partial charge in [-0.05, 0) is 49.2 Å². The van der Waals surface area contributed by atoms with Gasteiger partial charge in [0.2, 0.25) is 11.6 Å². The Morgan fingerprint density at radius 2 is 1.75 bits per heavy atom. The highest BCUT2D eigenvalue weighted by molar-refractivity contribution is 6.35. The molecule has 0 radical (unpaired) electrons. The molecular formula is C22H22Cl2N6O2. The third-order valence-corrected chi connectivity index (χ3v) is 6.23. The molecule has 3 aromatic rings. The average molecular weight is 473 g/mol. The molecule has 1 fully saturated rings. The van der Waals surface area contributed by atoms with Gasteiger partial charge in [-0.25, -0.2) is 9.97 Å². The Morgan fingerprint density at radius 3 is 2.47 bits per heavy atom. The zero-order valence-corrected chi connectivity index (χ0v) is 19.2. The summed E-state index contributed by atoms with van der Waals surface area (Å²) in [6.45, 7) is 6.87. The van der Waals surface area contributed by atoms with Crippen LogP contribution in [0.15, 0.2) is 42.7 Å². The first-order valence-corrected chi connectivity index (χ1v) is 10.9. The average Bonchev–Trinajstić information content (AvgIpc) is 2.78. The van der Waals surface area contributed by atoms with Crippen LogP contribution in [0.25, 0.3) is 0 Å². The number of aromatic nitrogens is 2. The summed E-state index contributed by atoms with van der Waals surface area (Å²) in [5, 5.41) is 15.8. The van der Waals surface area contributed by atoms with Crippen LogP contribution in [-0.4, -0.2) is 41.1 Å². The zero-order chi connectivity index (χ0) is 22.8. The van der Waals surface area contributed by atoms with Crippen LogP contribution in [0.2, 0.25) is 10.0 Å². The minimum absolute atomic E-state index is 0.0705. The number of halogens is 2. The molecule has 1 saturated heterocycles. The minimum atomic E-state index is -0.465. The molecule has 2 aromatic carbocycles. The van der Waals surface area contributed by atoms with E-state index in [1.807, 2.05) is 4.90 Å². The molecule has 0 bridgehead atoms. The van der Waals surface area contributed by atoms with Crippen LogP contribution in [0.5, 0.6) is 0 Å². The summed E-state index contributed by atoms with van der Waals surface area (Å²) in [7, 11) is 0. The van der Waals surface area contributed by atoms with E-state index in [1.54, 1.807) is 18.2 Å². The number of hydrogen-bond acceptors (Lipinski definition) is 7. The molecular weight excluding hydrogens is 451 g/mol. The maximum atomic E-state index is 12.0. The predicted molar refractivity (Wildman–Crippen MR) is 129 cm³/mol.